The Kier molecular flexibility index (Phi) is 6.43. The van der Waals surface area contributed by atoms with Crippen LogP contribution < -0.4 is 5.32 Å². The van der Waals surface area contributed by atoms with Crippen LogP contribution in [0.4, 0.5) is 10.2 Å². The van der Waals surface area contributed by atoms with Gasteiger partial charge < -0.3 is 15.0 Å². The van der Waals surface area contributed by atoms with E-state index in [4.69, 9.17) is 4.74 Å². The van der Waals surface area contributed by atoms with Crippen molar-refractivity contribution < 1.29 is 18.7 Å². The number of anilines is 1. The van der Waals surface area contributed by atoms with Crippen molar-refractivity contribution in [2.45, 2.75) is 46.6 Å². The molecule has 0 spiro atoms. The molecule has 31 heavy (non-hydrogen) atoms. The Hall–Kier alpha value is -3.22. The third kappa shape index (κ3) is 5.69. The summed E-state index contributed by atoms with van der Waals surface area (Å²) in [5.41, 5.74) is 1.84. The van der Waals surface area contributed by atoms with Gasteiger partial charge >= 0.3 is 5.97 Å². The number of rotatable bonds is 6. The molecule has 0 saturated heterocycles. The molecule has 0 aliphatic heterocycles. The van der Waals surface area contributed by atoms with E-state index >= 15 is 0 Å². The average molecular weight is 426 g/mol. The van der Waals surface area contributed by atoms with E-state index in [1.165, 1.54) is 12.1 Å². The number of carbonyl (C=O) groups excluding carboxylic acids is 2. The number of H-pyrrole nitrogens is 1. The van der Waals surface area contributed by atoms with E-state index in [1.54, 1.807) is 45.3 Å². The van der Waals surface area contributed by atoms with Crippen LogP contribution in [0.2, 0.25) is 0 Å². The lowest BCUT2D eigenvalue weighted by Crippen LogP contribution is -2.32. The van der Waals surface area contributed by atoms with E-state index in [2.05, 4.69) is 15.3 Å². The van der Waals surface area contributed by atoms with Crippen molar-refractivity contribution in [2.24, 2.45) is 11.8 Å². The number of benzene rings is 1. The van der Waals surface area contributed by atoms with E-state index in [1.807, 2.05) is 19.9 Å². The number of ether oxygens (including phenoxy) is 1. The summed E-state index contributed by atoms with van der Waals surface area (Å²) in [6.07, 6.45) is 3.46. The number of hydrogen-bond acceptors (Lipinski definition) is 4. The zero-order valence-corrected chi connectivity index (χ0v) is 18.5. The highest BCUT2D eigenvalue weighted by Crippen LogP contribution is 2.29. The molecule has 0 unspecified atom stereocenters. The summed E-state index contributed by atoms with van der Waals surface area (Å²) in [4.78, 5) is 32.4. The van der Waals surface area contributed by atoms with Gasteiger partial charge in [0, 0.05) is 34.4 Å². The number of pyridine rings is 1. The summed E-state index contributed by atoms with van der Waals surface area (Å²) in [6, 6.07) is 8.12. The summed E-state index contributed by atoms with van der Waals surface area (Å²) in [6.45, 7) is 9.18. The second-order valence-electron chi connectivity index (χ2n) is 8.95. The standard InChI is InChI=1S/C24H28FN3O3/c1-14(2)18(11-22(29)31-24(3,4)5)23(30)28-21-9-6-15(12-27-21)19-13-26-20-10-16(25)7-8-17(19)20/h6-10,12-14,18,26H,11H2,1-5H3,(H,27,28,30)/t18-/m0/s1. The Morgan fingerprint density at radius 1 is 1.19 bits per heavy atom. The molecule has 1 atom stereocenters. The Bertz CT molecular complexity index is 1080. The van der Waals surface area contributed by atoms with Gasteiger partial charge in [-0.05, 0) is 57.0 Å². The molecule has 164 valence electrons. The molecule has 2 heterocycles. The van der Waals surface area contributed by atoms with E-state index in [-0.39, 0.29) is 24.1 Å². The highest BCUT2D eigenvalue weighted by Gasteiger charge is 2.28. The van der Waals surface area contributed by atoms with Crippen LogP contribution in [0.5, 0.6) is 0 Å². The second kappa shape index (κ2) is 8.88. The van der Waals surface area contributed by atoms with Crippen molar-refractivity contribution in [3.05, 3.63) is 48.5 Å². The minimum absolute atomic E-state index is 0.00471. The number of esters is 1. The fourth-order valence-corrected chi connectivity index (χ4v) is 3.38. The molecule has 6 nitrogen and oxygen atoms in total. The predicted molar refractivity (Wildman–Crippen MR) is 119 cm³/mol. The van der Waals surface area contributed by atoms with Gasteiger partial charge in [-0.2, -0.15) is 0 Å². The minimum atomic E-state index is -0.597. The van der Waals surface area contributed by atoms with E-state index in [9.17, 15) is 14.0 Å². The molecule has 0 aliphatic rings. The first-order valence-corrected chi connectivity index (χ1v) is 10.3. The molecule has 3 rings (SSSR count). The van der Waals surface area contributed by atoms with Crippen LogP contribution >= 0.6 is 0 Å². The van der Waals surface area contributed by atoms with Crippen LogP contribution in [0.15, 0.2) is 42.7 Å². The van der Waals surface area contributed by atoms with Crippen molar-refractivity contribution >= 4 is 28.6 Å². The molecule has 0 radical (unpaired) electrons. The molecular formula is C24H28FN3O3. The fraction of sp³-hybridized carbons (Fsp3) is 0.375. The lowest BCUT2D eigenvalue weighted by Gasteiger charge is -2.23. The van der Waals surface area contributed by atoms with Crippen molar-refractivity contribution in [3.8, 4) is 11.1 Å². The zero-order chi connectivity index (χ0) is 22.8. The van der Waals surface area contributed by atoms with Crippen molar-refractivity contribution in [1.82, 2.24) is 9.97 Å². The molecule has 3 aromatic rings. The van der Waals surface area contributed by atoms with Crippen molar-refractivity contribution in [3.63, 3.8) is 0 Å². The van der Waals surface area contributed by atoms with Crippen LogP contribution in [0.25, 0.3) is 22.0 Å². The monoisotopic (exact) mass is 425 g/mol. The summed E-state index contributed by atoms with van der Waals surface area (Å²) in [5, 5.41) is 3.68. The molecule has 1 aromatic carbocycles. The zero-order valence-electron chi connectivity index (χ0n) is 18.5. The molecule has 0 saturated carbocycles. The van der Waals surface area contributed by atoms with Crippen LogP contribution in [0, 0.1) is 17.7 Å². The Morgan fingerprint density at radius 3 is 2.55 bits per heavy atom. The Labute approximate surface area is 181 Å². The smallest absolute Gasteiger partial charge is 0.307 e. The first-order chi connectivity index (χ1) is 14.5. The highest BCUT2D eigenvalue weighted by atomic mass is 19.1. The Morgan fingerprint density at radius 2 is 1.94 bits per heavy atom. The topological polar surface area (TPSA) is 84.1 Å². The molecule has 1 amide bonds. The second-order valence-corrected chi connectivity index (χ2v) is 8.95. The van der Waals surface area contributed by atoms with Gasteiger partial charge in [-0.25, -0.2) is 9.37 Å². The van der Waals surface area contributed by atoms with Crippen LogP contribution in [0.3, 0.4) is 0 Å². The fourth-order valence-electron chi connectivity index (χ4n) is 3.38. The number of aromatic nitrogens is 2. The number of aromatic amines is 1. The van der Waals surface area contributed by atoms with E-state index in [0.717, 1.165) is 16.5 Å². The summed E-state index contributed by atoms with van der Waals surface area (Å²) < 4.78 is 18.8. The van der Waals surface area contributed by atoms with E-state index in [0.29, 0.717) is 11.3 Å². The van der Waals surface area contributed by atoms with Crippen LogP contribution in [0.1, 0.15) is 41.0 Å². The normalized spacial score (nSPS) is 12.7. The van der Waals surface area contributed by atoms with Crippen molar-refractivity contribution in [1.29, 1.82) is 0 Å². The molecule has 0 aliphatic carbocycles. The van der Waals surface area contributed by atoms with E-state index < -0.39 is 17.5 Å². The van der Waals surface area contributed by atoms with Crippen LogP contribution in [-0.2, 0) is 14.3 Å². The highest BCUT2D eigenvalue weighted by molar-refractivity contribution is 5.96. The SMILES string of the molecule is CC(C)[C@H](CC(=O)OC(C)(C)C)C(=O)Nc1ccc(-c2c[nH]c3cc(F)ccc23)cn1. The third-order valence-corrected chi connectivity index (χ3v) is 4.92. The summed E-state index contributed by atoms with van der Waals surface area (Å²) in [7, 11) is 0. The van der Waals surface area contributed by atoms with Gasteiger partial charge in [-0.3, -0.25) is 9.59 Å². The molecule has 0 bridgehead atoms. The quantitative estimate of drug-likeness (QED) is 0.524. The van der Waals surface area contributed by atoms with Crippen LogP contribution in [-0.4, -0.2) is 27.4 Å². The lowest BCUT2D eigenvalue weighted by molar-refractivity contribution is -0.157. The Balaban J connectivity index is 1.71. The third-order valence-electron chi connectivity index (χ3n) is 4.92. The van der Waals surface area contributed by atoms with Gasteiger partial charge in [-0.15, -0.1) is 0 Å². The van der Waals surface area contributed by atoms with Gasteiger partial charge in [0.15, 0.2) is 0 Å². The first kappa shape index (κ1) is 22.5. The van der Waals surface area contributed by atoms with Gasteiger partial charge in [-0.1, -0.05) is 13.8 Å². The van der Waals surface area contributed by atoms with Crippen molar-refractivity contribution in [2.75, 3.05) is 5.32 Å². The summed E-state index contributed by atoms with van der Waals surface area (Å²) >= 11 is 0. The van der Waals surface area contributed by atoms with Gasteiger partial charge in [0.25, 0.3) is 0 Å². The molecule has 0 fully saturated rings. The number of carbonyl (C=O) groups is 2. The van der Waals surface area contributed by atoms with Gasteiger partial charge in [0.05, 0.1) is 12.3 Å². The molecule has 2 N–H and O–H groups in total. The summed E-state index contributed by atoms with van der Waals surface area (Å²) in [5.74, 6) is -1.15. The molecule has 2 aromatic heterocycles. The maximum absolute atomic E-state index is 13.4. The lowest BCUT2D eigenvalue weighted by atomic mass is 9.91. The number of amides is 1. The maximum Gasteiger partial charge on any atom is 0.307 e. The number of nitrogens with zero attached hydrogens (tertiary/aromatic N) is 1. The number of halogens is 1. The maximum atomic E-state index is 13.4. The predicted octanol–water partition coefficient (Wildman–Crippen LogP) is 5.31. The molecule has 7 heteroatoms. The number of nitrogens with one attached hydrogen (secondary N) is 2. The van der Waals surface area contributed by atoms with Gasteiger partial charge in [0.1, 0.15) is 17.2 Å². The first-order valence-electron chi connectivity index (χ1n) is 10.3. The number of hydrogen-bond donors (Lipinski definition) is 2. The minimum Gasteiger partial charge on any atom is -0.460 e. The number of fused-ring (bicyclic) bond motifs is 1. The largest absolute Gasteiger partial charge is 0.460 e. The van der Waals surface area contributed by atoms with Gasteiger partial charge in [0.2, 0.25) is 5.91 Å². The average Bonchev–Trinajstić information content (AvgIpc) is 3.08. The molecular weight excluding hydrogens is 397 g/mol.